The van der Waals surface area contributed by atoms with Crippen LogP contribution < -0.4 is 9.47 Å². The highest BCUT2D eigenvalue weighted by Crippen LogP contribution is 2.38. The van der Waals surface area contributed by atoms with Gasteiger partial charge in [0.05, 0.1) is 13.3 Å². The number of benzene rings is 2. The Labute approximate surface area is 195 Å². The Balaban J connectivity index is 1.26. The molecule has 3 heterocycles. The molecule has 0 spiro atoms. The average molecular weight is 465 g/mol. The van der Waals surface area contributed by atoms with E-state index in [1.165, 1.54) is 30.2 Å². The van der Waals surface area contributed by atoms with Gasteiger partial charge in [0.15, 0.2) is 0 Å². The lowest BCUT2D eigenvalue weighted by Crippen LogP contribution is -2.40. The van der Waals surface area contributed by atoms with E-state index in [1.54, 1.807) is 4.90 Å². The van der Waals surface area contributed by atoms with Crippen LogP contribution in [0.5, 0.6) is 16.7 Å². The summed E-state index contributed by atoms with van der Waals surface area (Å²) in [5.41, 5.74) is 2.27. The Kier molecular flexibility index (Phi) is 6.00. The molecule has 33 heavy (non-hydrogen) atoms. The summed E-state index contributed by atoms with van der Waals surface area (Å²) in [6.45, 7) is 0.529. The molecule has 1 amide bonds. The van der Waals surface area contributed by atoms with Crippen molar-refractivity contribution in [2.45, 2.75) is 37.8 Å². The summed E-state index contributed by atoms with van der Waals surface area (Å²) >= 11 is 1.17. The minimum Gasteiger partial charge on any atom is -0.485 e. The second-order valence-corrected chi connectivity index (χ2v) is 9.09. The predicted octanol–water partition coefficient (Wildman–Crippen LogP) is 4.78. The van der Waals surface area contributed by atoms with Crippen molar-refractivity contribution in [3.05, 3.63) is 70.7 Å². The number of carbonyl (C=O) groups excluding carboxylic acids is 2. The van der Waals surface area contributed by atoms with Crippen molar-refractivity contribution < 1.29 is 23.8 Å². The largest absolute Gasteiger partial charge is 0.485 e. The van der Waals surface area contributed by atoms with Gasteiger partial charge in [-0.05, 0) is 55.0 Å². The Morgan fingerprint density at radius 2 is 2.00 bits per heavy atom. The molecule has 8 heteroatoms. The van der Waals surface area contributed by atoms with Crippen LogP contribution in [0.3, 0.4) is 0 Å². The molecule has 0 radical (unpaired) electrons. The van der Waals surface area contributed by atoms with E-state index < -0.39 is 6.04 Å². The lowest BCUT2D eigenvalue weighted by atomic mass is 9.97. The molecule has 0 unspecified atom stereocenters. The number of aryl methyl sites for hydroxylation is 1. The number of fused-ring (bicyclic) bond motifs is 1. The van der Waals surface area contributed by atoms with Gasteiger partial charge in [-0.25, -0.2) is 9.78 Å². The fourth-order valence-corrected chi connectivity index (χ4v) is 5.11. The average Bonchev–Trinajstić information content (AvgIpc) is 3.53. The van der Waals surface area contributed by atoms with Crippen LogP contribution in [0.1, 0.15) is 46.2 Å². The van der Waals surface area contributed by atoms with Gasteiger partial charge in [0.2, 0.25) is 0 Å². The molecule has 170 valence electrons. The molecule has 0 aliphatic carbocycles. The second kappa shape index (κ2) is 9.23. The zero-order valence-corrected chi connectivity index (χ0v) is 19.0. The fraction of sp³-hybridized carbons (Fsp3) is 0.320. The van der Waals surface area contributed by atoms with Crippen LogP contribution in [-0.2, 0) is 16.0 Å². The SMILES string of the molecule is COC(=O)[C@@H]1CCCN1C(=O)c1cnc(Oc2ccc3c(c2)CC[C@@H](c2ccccc2)O3)s1. The Hall–Kier alpha value is -3.39. The van der Waals surface area contributed by atoms with Crippen molar-refractivity contribution in [1.29, 1.82) is 0 Å². The first-order chi connectivity index (χ1) is 16.1. The lowest BCUT2D eigenvalue weighted by molar-refractivity contribution is -0.145. The van der Waals surface area contributed by atoms with Crippen LogP contribution in [0.25, 0.3) is 0 Å². The Morgan fingerprint density at radius 3 is 2.82 bits per heavy atom. The number of likely N-dealkylation sites (tertiary alicyclic amines) is 1. The third-order valence-electron chi connectivity index (χ3n) is 6.04. The molecule has 3 aromatic rings. The number of ether oxygens (including phenoxy) is 3. The molecule has 1 saturated heterocycles. The topological polar surface area (TPSA) is 78.0 Å². The van der Waals surface area contributed by atoms with Gasteiger partial charge < -0.3 is 19.1 Å². The number of rotatable bonds is 5. The molecule has 2 aromatic carbocycles. The van der Waals surface area contributed by atoms with E-state index >= 15 is 0 Å². The number of nitrogens with zero attached hydrogens (tertiary/aromatic N) is 2. The maximum atomic E-state index is 12.9. The third-order valence-corrected chi connectivity index (χ3v) is 6.90. The van der Waals surface area contributed by atoms with Crippen molar-refractivity contribution in [2.24, 2.45) is 0 Å². The van der Waals surface area contributed by atoms with Crippen LogP contribution in [0.2, 0.25) is 0 Å². The minimum atomic E-state index is -0.533. The van der Waals surface area contributed by atoms with Gasteiger partial charge in [-0.15, -0.1) is 0 Å². The quantitative estimate of drug-likeness (QED) is 0.506. The highest BCUT2D eigenvalue weighted by atomic mass is 32.1. The molecule has 0 bridgehead atoms. The molecule has 7 nitrogen and oxygen atoms in total. The molecule has 1 aromatic heterocycles. The van der Waals surface area contributed by atoms with Gasteiger partial charge in [0.25, 0.3) is 11.1 Å². The van der Waals surface area contributed by atoms with Gasteiger partial charge >= 0.3 is 5.97 Å². The number of carbonyl (C=O) groups is 2. The van der Waals surface area contributed by atoms with Gasteiger partial charge in [-0.2, -0.15) is 0 Å². The van der Waals surface area contributed by atoms with Crippen molar-refractivity contribution in [3.63, 3.8) is 0 Å². The number of amides is 1. The van der Waals surface area contributed by atoms with E-state index in [2.05, 4.69) is 17.1 Å². The lowest BCUT2D eigenvalue weighted by Gasteiger charge is -2.26. The molecule has 0 N–H and O–H groups in total. The van der Waals surface area contributed by atoms with Gasteiger partial charge in [-0.1, -0.05) is 41.7 Å². The maximum Gasteiger partial charge on any atom is 0.328 e. The first-order valence-corrected chi connectivity index (χ1v) is 11.8. The van der Waals surface area contributed by atoms with E-state index in [0.717, 1.165) is 30.6 Å². The van der Waals surface area contributed by atoms with Crippen molar-refractivity contribution in [3.8, 4) is 16.7 Å². The van der Waals surface area contributed by atoms with Crippen LogP contribution in [0.15, 0.2) is 54.7 Å². The van der Waals surface area contributed by atoms with Crippen molar-refractivity contribution in [2.75, 3.05) is 13.7 Å². The minimum absolute atomic E-state index is 0.0532. The Morgan fingerprint density at radius 1 is 1.15 bits per heavy atom. The normalized spacial score (nSPS) is 19.5. The highest BCUT2D eigenvalue weighted by Gasteiger charge is 2.36. The van der Waals surface area contributed by atoms with E-state index in [-0.39, 0.29) is 18.0 Å². The summed E-state index contributed by atoms with van der Waals surface area (Å²) in [5, 5.41) is 0.381. The zero-order valence-electron chi connectivity index (χ0n) is 18.2. The van der Waals surface area contributed by atoms with Gasteiger partial charge in [0.1, 0.15) is 28.5 Å². The van der Waals surface area contributed by atoms with Crippen molar-refractivity contribution in [1.82, 2.24) is 9.88 Å². The summed E-state index contributed by atoms with van der Waals surface area (Å²) in [5.74, 6) is 0.909. The molecular weight excluding hydrogens is 440 g/mol. The molecule has 1 fully saturated rings. The molecule has 2 aliphatic heterocycles. The Bertz CT molecular complexity index is 1160. The molecule has 2 aliphatic rings. The smallest absolute Gasteiger partial charge is 0.328 e. The molecule has 0 saturated carbocycles. The summed E-state index contributed by atoms with van der Waals surface area (Å²) in [7, 11) is 1.34. The number of esters is 1. The number of aromatic nitrogens is 1. The number of hydrogen-bond donors (Lipinski definition) is 0. The molecule has 5 rings (SSSR count). The van der Waals surface area contributed by atoms with Crippen molar-refractivity contribution >= 4 is 23.2 Å². The van der Waals surface area contributed by atoms with Gasteiger partial charge in [-0.3, -0.25) is 4.79 Å². The first kappa shape index (κ1) is 21.5. The van der Waals surface area contributed by atoms with E-state index in [1.807, 2.05) is 36.4 Å². The zero-order chi connectivity index (χ0) is 22.8. The maximum absolute atomic E-state index is 12.9. The third kappa shape index (κ3) is 4.43. The van der Waals surface area contributed by atoms with Gasteiger partial charge in [0, 0.05) is 6.54 Å². The number of methoxy groups -OCH3 is 1. The van der Waals surface area contributed by atoms with E-state index in [9.17, 15) is 9.59 Å². The van der Waals surface area contributed by atoms with Crippen LogP contribution in [0, 0.1) is 0 Å². The van der Waals surface area contributed by atoms with Crippen LogP contribution in [0.4, 0.5) is 0 Å². The monoisotopic (exact) mass is 464 g/mol. The highest BCUT2D eigenvalue weighted by molar-refractivity contribution is 7.15. The summed E-state index contributed by atoms with van der Waals surface area (Å²) in [4.78, 5) is 31.1. The fourth-order valence-electron chi connectivity index (χ4n) is 4.37. The van der Waals surface area contributed by atoms with Crippen LogP contribution >= 0.6 is 11.3 Å². The summed E-state index contributed by atoms with van der Waals surface area (Å²) in [6.07, 6.45) is 4.72. The van der Waals surface area contributed by atoms with Crippen LogP contribution in [-0.4, -0.2) is 41.5 Å². The second-order valence-electron chi connectivity index (χ2n) is 8.10. The molecule has 2 atom stereocenters. The number of thiazole rings is 1. The van der Waals surface area contributed by atoms with E-state index in [4.69, 9.17) is 14.2 Å². The van der Waals surface area contributed by atoms with E-state index in [0.29, 0.717) is 28.8 Å². The number of hydrogen-bond acceptors (Lipinski definition) is 7. The predicted molar refractivity (Wildman–Crippen MR) is 123 cm³/mol. The first-order valence-electron chi connectivity index (χ1n) is 11.0. The summed E-state index contributed by atoms with van der Waals surface area (Å²) < 4.78 is 17.0. The molecular formula is C25H24N2O5S. The standard InChI is InChI=1S/C25H24N2O5S/c1-30-24(29)19-8-5-13-27(19)23(28)22-15-26-25(33-22)31-18-10-12-21-17(14-18)9-11-20(32-21)16-6-3-2-4-7-16/h2-4,6-7,10,12,14-15,19-20H,5,8-9,11,13H2,1H3/t19-,20-/m0/s1. The summed E-state index contributed by atoms with van der Waals surface area (Å²) in [6, 6.07) is 15.4.